The number of amides is 1. The summed E-state index contributed by atoms with van der Waals surface area (Å²) in [7, 11) is 2.10. The zero-order chi connectivity index (χ0) is 15.2. The van der Waals surface area contributed by atoms with Crippen LogP contribution in [-0.2, 0) is 4.79 Å². The van der Waals surface area contributed by atoms with Crippen LogP contribution in [0.5, 0.6) is 0 Å². The van der Waals surface area contributed by atoms with E-state index in [0.717, 1.165) is 58.3 Å². The number of likely N-dealkylation sites (N-methyl/N-ethyl adjacent to an activating group) is 1. The molecule has 0 bridgehead atoms. The van der Waals surface area contributed by atoms with Crippen molar-refractivity contribution in [1.29, 1.82) is 0 Å². The van der Waals surface area contributed by atoms with Crippen LogP contribution in [0.3, 0.4) is 0 Å². The molecule has 1 saturated heterocycles. The fourth-order valence-electron chi connectivity index (χ4n) is 3.10. The molecule has 0 radical (unpaired) electrons. The summed E-state index contributed by atoms with van der Waals surface area (Å²) in [6.07, 6.45) is 4.41. The van der Waals surface area contributed by atoms with Crippen molar-refractivity contribution >= 4 is 23.1 Å². The minimum atomic E-state index is -0.623. The van der Waals surface area contributed by atoms with Gasteiger partial charge in [-0.25, -0.2) is 0 Å². The maximum Gasteiger partial charge on any atom is 0.235 e. The Kier molecular flexibility index (Phi) is 6.89. The highest BCUT2D eigenvalue weighted by Gasteiger charge is 2.42. The Balaban J connectivity index is 2.93. The molecular formula is C15H29N3OS. The van der Waals surface area contributed by atoms with Gasteiger partial charge in [-0.15, -0.1) is 0 Å². The van der Waals surface area contributed by atoms with Gasteiger partial charge in [-0.1, -0.05) is 38.9 Å². The van der Waals surface area contributed by atoms with Crippen LogP contribution in [0.15, 0.2) is 0 Å². The maximum absolute atomic E-state index is 13.0. The molecule has 116 valence electrons. The number of thiocarbonyl (C=S) groups is 1. The first-order chi connectivity index (χ1) is 9.47. The van der Waals surface area contributed by atoms with Gasteiger partial charge in [0.2, 0.25) is 5.91 Å². The van der Waals surface area contributed by atoms with E-state index in [1.807, 2.05) is 4.90 Å². The lowest BCUT2D eigenvalue weighted by atomic mass is 9.77. The molecule has 0 aromatic carbocycles. The zero-order valence-electron chi connectivity index (χ0n) is 13.2. The van der Waals surface area contributed by atoms with Gasteiger partial charge in [0.05, 0.1) is 10.4 Å². The van der Waals surface area contributed by atoms with Gasteiger partial charge in [0.1, 0.15) is 0 Å². The van der Waals surface area contributed by atoms with Crippen molar-refractivity contribution in [3.63, 3.8) is 0 Å². The van der Waals surface area contributed by atoms with Gasteiger partial charge < -0.3 is 15.5 Å². The Bertz CT molecular complexity index is 340. The van der Waals surface area contributed by atoms with Crippen molar-refractivity contribution in [2.24, 2.45) is 11.1 Å². The van der Waals surface area contributed by atoms with E-state index in [9.17, 15) is 4.79 Å². The molecule has 1 aliphatic heterocycles. The highest BCUT2D eigenvalue weighted by atomic mass is 32.1. The van der Waals surface area contributed by atoms with Gasteiger partial charge in [0.15, 0.2) is 0 Å². The Morgan fingerprint density at radius 1 is 1.15 bits per heavy atom. The van der Waals surface area contributed by atoms with Crippen LogP contribution in [0.25, 0.3) is 0 Å². The van der Waals surface area contributed by atoms with Crippen molar-refractivity contribution in [3.05, 3.63) is 0 Å². The minimum Gasteiger partial charge on any atom is -0.392 e. The van der Waals surface area contributed by atoms with Crippen molar-refractivity contribution < 1.29 is 4.79 Å². The second kappa shape index (κ2) is 7.93. The van der Waals surface area contributed by atoms with E-state index in [1.165, 1.54) is 0 Å². The summed E-state index contributed by atoms with van der Waals surface area (Å²) in [5.41, 5.74) is 5.37. The topological polar surface area (TPSA) is 49.6 Å². The lowest BCUT2D eigenvalue weighted by Gasteiger charge is -2.36. The second-order valence-electron chi connectivity index (χ2n) is 5.90. The van der Waals surface area contributed by atoms with Gasteiger partial charge in [-0.2, -0.15) is 0 Å². The quantitative estimate of drug-likeness (QED) is 0.762. The third kappa shape index (κ3) is 3.92. The summed E-state index contributed by atoms with van der Waals surface area (Å²) >= 11 is 5.28. The van der Waals surface area contributed by atoms with Crippen LogP contribution in [0.2, 0.25) is 0 Å². The SMILES string of the molecule is CCCC(CCC)(C(=O)N1CCCN(C)CC1)C(N)=S. The Labute approximate surface area is 128 Å². The van der Waals surface area contributed by atoms with E-state index in [4.69, 9.17) is 18.0 Å². The summed E-state index contributed by atoms with van der Waals surface area (Å²) in [4.78, 5) is 17.7. The third-order valence-corrected chi connectivity index (χ3v) is 4.63. The van der Waals surface area contributed by atoms with E-state index in [1.54, 1.807) is 0 Å². The monoisotopic (exact) mass is 299 g/mol. The van der Waals surface area contributed by atoms with E-state index < -0.39 is 5.41 Å². The molecule has 1 rings (SSSR count). The van der Waals surface area contributed by atoms with Crippen LogP contribution in [0.1, 0.15) is 46.0 Å². The number of carbonyl (C=O) groups excluding carboxylic acids is 1. The predicted octanol–water partition coefficient (Wildman–Crippen LogP) is 2.02. The molecule has 0 aromatic rings. The molecule has 4 nitrogen and oxygen atoms in total. The number of nitrogens with zero attached hydrogens (tertiary/aromatic N) is 2. The van der Waals surface area contributed by atoms with Crippen molar-refractivity contribution in [3.8, 4) is 0 Å². The summed E-state index contributed by atoms with van der Waals surface area (Å²) in [5.74, 6) is 0.156. The van der Waals surface area contributed by atoms with Gasteiger partial charge >= 0.3 is 0 Å². The van der Waals surface area contributed by atoms with E-state index >= 15 is 0 Å². The molecule has 1 heterocycles. The van der Waals surface area contributed by atoms with Gasteiger partial charge in [0.25, 0.3) is 0 Å². The molecule has 1 aliphatic rings. The minimum absolute atomic E-state index is 0.156. The van der Waals surface area contributed by atoms with E-state index in [2.05, 4.69) is 25.8 Å². The Hall–Kier alpha value is -0.680. The summed E-state index contributed by atoms with van der Waals surface area (Å²) < 4.78 is 0. The molecule has 20 heavy (non-hydrogen) atoms. The first-order valence-electron chi connectivity index (χ1n) is 7.75. The molecule has 0 aliphatic carbocycles. The van der Waals surface area contributed by atoms with E-state index in [0.29, 0.717) is 4.99 Å². The van der Waals surface area contributed by atoms with E-state index in [-0.39, 0.29) is 5.91 Å². The lowest BCUT2D eigenvalue weighted by molar-refractivity contribution is -0.139. The third-order valence-electron chi connectivity index (χ3n) is 4.24. The van der Waals surface area contributed by atoms with Crippen molar-refractivity contribution in [2.45, 2.75) is 46.0 Å². The predicted molar refractivity (Wildman–Crippen MR) is 87.7 cm³/mol. The van der Waals surface area contributed by atoms with Crippen molar-refractivity contribution in [2.75, 3.05) is 33.2 Å². The maximum atomic E-state index is 13.0. The Morgan fingerprint density at radius 2 is 1.75 bits per heavy atom. The fraction of sp³-hybridized carbons (Fsp3) is 0.867. The standard InChI is InChI=1S/C15H29N3OS/c1-4-7-15(8-5-2,13(16)20)14(19)18-10-6-9-17(3)11-12-18/h4-12H2,1-3H3,(H2,16,20). The first kappa shape index (κ1) is 17.4. The number of carbonyl (C=O) groups is 1. The fourth-order valence-corrected chi connectivity index (χ4v) is 3.39. The summed E-state index contributed by atoms with van der Waals surface area (Å²) in [6.45, 7) is 7.76. The largest absolute Gasteiger partial charge is 0.392 e. The lowest BCUT2D eigenvalue weighted by Crippen LogP contribution is -2.51. The van der Waals surface area contributed by atoms with Crippen molar-refractivity contribution in [1.82, 2.24) is 9.80 Å². The number of hydrogen-bond acceptors (Lipinski definition) is 3. The number of nitrogens with two attached hydrogens (primary N) is 1. The molecule has 0 unspecified atom stereocenters. The molecule has 5 heteroatoms. The zero-order valence-corrected chi connectivity index (χ0v) is 14.0. The molecule has 0 atom stereocenters. The molecule has 0 saturated carbocycles. The van der Waals surface area contributed by atoms with Gasteiger partial charge in [-0.3, -0.25) is 4.79 Å². The number of rotatable bonds is 6. The van der Waals surface area contributed by atoms with Crippen LogP contribution >= 0.6 is 12.2 Å². The van der Waals surface area contributed by atoms with Crippen LogP contribution < -0.4 is 5.73 Å². The first-order valence-corrected chi connectivity index (χ1v) is 8.16. The average Bonchev–Trinajstić information content (AvgIpc) is 2.62. The van der Waals surface area contributed by atoms with Gasteiger partial charge in [0, 0.05) is 19.6 Å². The van der Waals surface area contributed by atoms with Crippen LogP contribution in [0, 0.1) is 5.41 Å². The molecule has 0 spiro atoms. The summed E-state index contributed by atoms with van der Waals surface area (Å²) in [6, 6.07) is 0. The van der Waals surface area contributed by atoms with Gasteiger partial charge in [-0.05, 0) is 32.9 Å². The van der Waals surface area contributed by atoms with Crippen LogP contribution in [0.4, 0.5) is 0 Å². The normalized spacial score (nSPS) is 17.9. The van der Waals surface area contributed by atoms with Crippen LogP contribution in [-0.4, -0.2) is 53.9 Å². The molecule has 1 amide bonds. The second-order valence-corrected chi connectivity index (χ2v) is 6.34. The molecule has 1 fully saturated rings. The number of hydrogen-bond donors (Lipinski definition) is 1. The Morgan fingerprint density at radius 3 is 2.25 bits per heavy atom. The summed E-state index contributed by atoms with van der Waals surface area (Å²) in [5, 5.41) is 0. The molecule has 0 aromatic heterocycles. The smallest absolute Gasteiger partial charge is 0.235 e. The molecule has 2 N–H and O–H groups in total. The highest BCUT2D eigenvalue weighted by molar-refractivity contribution is 7.80. The average molecular weight is 299 g/mol. The molecular weight excluding hydrogens is 270 g/mol. The highest BCUT2D eigenvalue weighted by Crippen LogP contribution is 2.33.